The van der Waals surface area contributed by atoms with Gasteiger partial charge in [0, 0.05) is 12.7 Å². The number of hydrogen-bond acceptors (Lipinski definition) is 4. The van der Waals surface area contributed by atoms with Crippen molar-refractivity contribution in [3.05, 3.63) is 65.0 Å². The topological polar surface area (TPSA) is 77.0 Å². The molecule has 4 heteroatoms. The maximum absolute atomic E-state index is 5.84. The SMILES string of the molecule is NC(N)c1ccccc1CNC1CCCc2cccnc21. The average Bonchev–Trinajstić information content (AvgIpc) is 2.53. The van der Waals surface area contributed by atoms with Crippen molar-refractivity contribution < 1.29 is 0 Å². The molecule has 5 N–H and O–H groups in total. The number of aryl methyl sites for hydroxylation is 1. The van der Waals surface area contributed by atoms with Crippen molar-refractivity contribution in [2.45, 2.75) is 38.0 Å². The first-order valence-electron chi connectivity index (χ1n) is 7.52. The van der Waals surface area contributed by atoms with E-state index in [0.29, 0.717) is 6.04 Å². The van der Waals surface area contributed by atoms with Crippen LogP contribution in [-0.2, 0) is 13.0 Å². The van der Waals surface area contributed by atoms with Crippen LogP contribution >= 0.6 is 0 Å². The Kier molecular flexibility index (Phi) is 4.29. The smallest absolute Gasteiger partial charge is 0.0787 e. The predicted molar refractivity (Wildman–Crippen MR) is 84.3 cm³/mol. The maximum Gasteiger partial charge on any atom is 0.0787 e. The molecule has 0 saturated carbocycles. The van der Waals surface area contributed by atoms with Crippen LogP contribution in [0.25, 0.3) is 0 Å². The van der Waals surface area contributed by atoms with E-state index in [2.05, 4.69) is 22.4 Å². The van der Waals surface area contributed by atoms with Gasteiger partial charge in [0.1, 0.15) is 0 Å². The summed E-state index contributed by atoms with van der Waals surface area (Å²) in [5, 5.41) is 3.62. The Labute approximate surface area is 125 Å². The summed E-state index contributed by atoms with van der Waals surface area (Å²) in [5.74, 6) is 0. The van der Waals surface area contributed by atoms with Crippen molar-refractivity contribution in [3.63, 3.8) is 0 Å². The van der Waals surface area contributed by atoms with Crippen molar-refractivity contribution in [2.75, 3.05) is 0 Å². The normalized spacial score (nSPS) is 17.8. The number of nitrogens with one attached hydrogen (secondary N) is 1. The van der Waals surface area contributed by atoms with E-state index < -0.39 is 6.17 Å². The minimum Gasteiger partial charge on any atom is -0.312 e. The molecule has 0 aliphatic heterocycles. The van der Waals surface area contributed by atoms with E-state index in [1.165, 1.54) is 17.7 Å². The molecule has 1 aromatic carbocycles. The molecule has 1 aromatic heterocycles. The molecule has 1 atom stereocenters. The molecule has 1 heterocycles. The number of nitrogens with two attached hydrogens (primary N) is 2. The van der Waals surface area contributed by atoms with Crippen LogP contribution in [0.3, 0.4) is 0 Å². The molecule has 0 saturated heterocycles. The summed E-state index contributed by atoms with van der Waals surface area (Å²) < 4.78 is 0. The summed E-state index contributed by atoms with van der Waals surface area (Å²) in [7, 11) is 0. The lowest BCUT2D eigenvalue weighted by molar-refractivity contribution is 0.446. The Morgan fingerprint density at radius 2 is 2.05 bits per heavy atom. The summed E-state index contributed by atoms with van der Waals surface area (Å²) in [5.41, 5.74) is 16.4. The molecule has 0 radical (unpaired) electrons. The first-order chi connectivity index (χ1) is 10.3. The van der Waals surface area contributed by atoms with E-state index in [1.54, 1.807) is 0 Å². The molecule has 1 unspecified atom stereocenters. The standard InChI is InChI=1S/C17H22N4/c18-17(19)14-8-2-1-5-13(14)11-21-15-9-3-6-12-7-4-10-20-16(12)15/h1-2,4-5,7-8,10,15,17,21H,3,6,9,11,18-19H2. The highest BCUT2D eigenvalue weighted by Crippen LogP contribution is 2.28. The Hall–Kier alpha value is -1.75. The van der Waals surface area contributed by atoms with Gasteiger partial charge in [-0.1, -0.05) is 30.3 Å². The van der Waals surface area contributed by atoms with E-state index in [4.69, 9.17) is 11.5 Å². The van der Waals surface area contributed by atoms with Gasteiger partial charge in [0.15, 0.2) is 0 Å². The van der Waals surface area contributed by atoms with Crippen LogP contribution in [0.2, 0.25) is 0 Å². The quantitative estimate of drug-likeness (QED) is 0.751. The number of hydrogen-bond donors (Lipinski definition) is 3. The molecule has 0 amide bonds. The number of benzene rings is 1. The van der Waals surface area contributed by atoms with Crippen molar-refractivity contribution >= 4 is 0 Å². The fraction of sp³-hybridized carbons (Fsp3) is 0.353. The van der Waals surface area contributed by atoms with Crippen molar-refractivity contribution in [3.8, 4) is 0 Å². The van der Waals surface area contributed by atoms with Gasteiger partial charge in [-0.2, -0.15) is 0 Å². The Morgan fingerprint density at radius 1 is 1.19 bits per heavy atom. The van der Waals surface area contributed by atoms with Crippen LogP contribution in [0.4, 0.5) is 0 Å². The summed E-state index contributed by atoms with van der Waals surface area (Å²) in [6.45, 7) is 0.766. The molecule has 110 valence electrons. The second kappa shape index (κ2) is 6.35. The second-order valence-electron chi connectivity index (χ2n) is 5.60. The van der Waals surface area contributed by atoms with Crippen molar-refractivity contribution in [2.24, 2.45) is 11.5 Å². The average molecular weight is 282 g/mol. The Balaban J connectivity index is 1.75. The van der Waals surface area contributed by atoms with Crippen LogP contribution in [0.5, 0.6) is 0 Å². The molecule has 1 aliphatic carbocycles. The van der Waals surface area contributed by atoms with Gasteiger partial charge in [-0.15, -0.1) is 0 Å². The third-order valence-corrected chi connectivity index (χ3v) is 4.15. The minimum absolute atomic E-state index is 0.317. The molecular formula is C17H22N4. The van der Waals surface area contributed by atoms with Gasteiger partial charge in [-0.3, -0.25) is 4.98 Å². The highest BCUT2D eigenvalue weighted by molar-refractivity contribution is 5.30. The second-order valence-corrected chi connectivity index (χ2v) is 5.60. The maximum atomic E-state index is 5.84. The zero-order valence-corrected chi connectivity index (χ0v) is 12.1. The Morgan fingerprint density at radius 3 is 2.90 bits per heavy atom. The highest BCUT2D eigenvalue weighted by Gasteiger charge is 2.21. The third-order valence-electron chi connectivity index (χ3n) is 4.15. The summed E-state index contributed by atoms with van der Waals surface area (Å²) in [6.07, 6.45) is 4.91. The minimum atomic E-state index is -0.431. The number of aromatic nitrogens is 1. The Bertz CT molecular complexity index is 609. The van der Waals surface area contributed by atoms with Gasteiger partial charge in [0.2, 0.25) is 0 Å². The summed E-state index contributed by atoms with van der Waals surface area (Å²) in [4.78, 5) is 4.56. The van der Waals surface area contributed by atoms with Gasteiger partial charge in [-0.05, 0) is 42.0 Å². The van der Waals surface area contributed by atoms with Gasteiger partial charge in [0.05, 0.1) is 17.9 Å². The fourth-order valence-electron chi connectivity index (χ4n) is 3.06. The predicted octanol–water partition coefficient (Wildman–Crippen LogP) is 2.16. The summed E-state index contributed by atoms with van der Waals surface area (Å²) >= 11 is 0. The molecule has 0 bridgehead atoms. The van der Waals surface area contributed by atoms with Crippen LogP contribution in [-0.4, -0.2) is 4.98 Å². The first-order valence-corrected chi connectivity index (χ1v) is 7.52. The number of nitrogens with zero attached hydrogens (tertiary/aromatic N) is 1. The van der Waals surface area contributed by atoms with E-state index in [0.717, 1.165) is 30.5 Å². The molecule has 0 spiro atoms. The zero-order chi connectivity index (χ0) is 14.7. The van der Waals surface area contributed by atoms with Crippen LogP contribution < -0.4 is 16.8 Å². The molecule has 2 aromatic rings. The largest absolute Gasteiger partial charge is 0.312 e. The van der Waals surface area contributed by atoms with Crippen LogP contribution in [0, 0.1) is 0 Å². The molecule has 21 heavy (non-hydrogen) atoms. The molecule has 1 aliphatic rings. The van der Waals surface area contributed by atoms with Crippen molar-refractivity contribution in [1.29, 1.82) is 0 Å². The van der Waals surface area contributed by atoms with Gasteiger partial charge in [0.25, 0.3) is 0 Å². The van der Waals surface area contributed by atoms with E-state index >= 15 is 0 Å². The monoisotopic (exact) mass is 282 g/mol. The molecule has 3 rings (SSSR count). The van der Waals surface area contributed by atoms with Crippen LogP contribution in [0.1, 0.15) is 47.4 Å². The van der Waals surface area contributed by atoms with E-state index in [9.17, 15) is 0 Å². The zero-order valence-electron chi connectivity index (χ0n) is 12.1. The van der Waals surface area contributed by atoms with Gasteiger partial charge in [-0.25, -0.2) is 0 Å². The number of fused-ring (bicyclic) bond motifs is 1. The lowest BCUT2D eigenvalue weighted by atomic mass is 9.91. The highest BCUT2D eigenvalue weighted by atomic mass is 14.9. The number of rotatable bonds is 4. The van der Waals surface area contributed by atoms with Crippen LogP contribution in [0.15, 0.2) is 42.6 Å². The molecule has 4 nitrogen and oxygen atoms in total. The lowest BCUT2D eigenvalue weighted by Gasteiger charge is -2.26. The van der Waals surface area contributed by atoms with Gasteiger partial charge >= 0.3 is 0 Å². The summed E-state index contributed by atoms with van der Waals surface area (Å²) in [6, 6.07) is 12.6. The van der Waals surface area contributed by atoms with Gasteiger partial charge < -0.3 is 16.8 Å². The lowest BCUT2D eigenvalue weighted by Crippen LogP contribution is -2.28. The van der Waals surface area contributed by atoms with E-state index in [-0.39, 0.29) is 0 Å². The third kappa shape index (κ3) is 3.13. The number of pyridine rings is 1. The molecule has 0 fully saturated rings. The first kappa shape index (κ1) is 14.2. The fourth-order valence-corrected chi connectivity index (χ4v) is 3.06. The van der Waals surface area contributed by atoms with Crippen molar-refractivity contribution in [1.82, 2.24) is 10.3 Å². The molecular weight excluding hydrogens is 260 g/mol. The van der Waals surface area contributed by atoms with E-state index in [1.807, 2.05) is 30.5 Å².